The van der Waals surface area contributed by atoms with E-state index in [0.717, 1.165) is 18.8 Å². The van der Waals surface area contributed by atoms with Crippen molar-refractivity contribution in [2.75, 3.05) is 31.2 Å². The van der Waals surface area contributed by atoms with Gasteiger partial charge in [-0.3, -0.25) is 4.79 Å². The highest BCUT2D eigenvalue weighted by molar-refractivity contribution is 5.69. The summed E-state index contributed by atoms with van der Waals surface area (Å²) >= 11 is 0. The number of anilines is 1. The van der Waals surface area contributed by atoms with E-state index in [1.165, 1.54) is 0 Å². The van der Waals surface area contributed by atoms with Crippen LogP contribution in [0.25, 0.3) is 0 Å². The Morgan fingerprint density at radius 2 is 2.00 bits per heavy atom. The first-order valence-corrected chi connectivity index (χ1v) is 6.78. The Kier molecular flexibility index (Phi) is 4.18. The average molecular weight is 279 g/mol. The molecule has 2 N–H and O–H groups in total. The quantitative estimate of drug-likeness (QED) is 0.882. The molecular weight excluding hydrogens is 258 g/mol. The molecule has 2 rings (SSSR count). The van der Waals surface area contributed by atoms with Gasteiger partial charge >= 0.3 is 5.97 Å². The third-order valence-corrected chi connectivity index (χ3v) is 3.68. The molecule has 1 aromatic rings. The van der Waals surface area contributed by atoms with Gasteiger partial charge in [-0.1, -0.05) is 13.8 Å². The molecule has 0 atom stereocenters. The summed E-state index contributed by atoms with van der Waals surface area (Å²) < 4.78 is 5.33. The van der Waals surface area contributed by atoms with E-state index >= 15 is 0 Å². The van der Waals surface area contributed by atoms with Gasteiger partial charge in [-0.25, -0.2) is 0 Å². The summed E-state index contributed by atoms with van der Waals surface area (Å²) in [4.78, 5) is 13.2. The van der Waals surface area contributed by atoms with Crippen molar-refractivity contribution in [3.63, 3.8) is 0 Å². The number of ether oxygens (including phenoxy) is 1. The Hall–Kier alpha value is -1.75. The number of aromatic hydroxyl groups is 1. The maximum atomic E-state index is 11.0. The highest BCUT2D eigenvalue weighted by Crippen LogP contribution is 2.36. The summed E-state index contributed by atoms with van der Waals surface area (Å²) in [5, 5.41) is 19.1. The molecule has 110 valence electrons. The lowest BCUT2D eigenvalue weighted by molar-refractivity contribution is -0.138. The van der Waals surface area contributed by atoms with Gasteiger partial charge in [0, 0.05) is 29.8 Å². The fourth-order valence-electron chi connectivity index (χ4n) is 2.56. The van der Waals surface area contributed by atoms with Crippen LogP contribution in [0.1, 0.15) is 25.8 Å². The minimum Gasteiger partial charge on any atom is -0.508 e. The summed E-state index contributed by atoms with van der Waals surface area (Å²) in [6.45, 7) is 6.66. The fraction of sp³-hybridized carbons (Fsp3) is 0.533. The van der Waals surface area contributed by atoms with Crippen molar-refractivity contribution in [2.45, 2.75) is 25.7 Å². The van der Waals surface area contributed by atoms with Gasteiger partial charge in [0.1, 0.15) is 5.75 Å². The van der Waals surface area contributed by atoms with E-state index in [1.54, 1.807) is 6.07 Å². The largest absolute Gasteiger partial charge is 0.508 e. The Labute approximate surface area is 118 Å². The van der Waals surface area contributed by atoms with E-state index in [2.05, 4.69) is 4.90 Å². The number of rotatable bonds is 4. The highest BCUT2D eigenvalue weighted by Gasteiger charge is 2.28. The SMILES string of the molecule is CC(C)(CC(=O)O)c1cc(N2CCOCC2)ccc1O. The number of hydrogen-bond donors (Lipinski definition) is 2. The molecule has 1 saturated heterocycles. The van der Waals surface area contributed by atoms with Crippen LogP contribution in [0.2, 0.25) is 0 Å². The Morgan fingerprint density at radius 1 is 1.35 bits per heavy atom. The zero-order valence-corrected chi connectivity index (χ0v) is 11.9. The normalized spacial score (nSPS) is 16.2. The van der Waals surface area contributed by atoms with Crippen molar-refractivity contribution in [2.24, 2.45) is 0 Å². The summed E-state index contributed by atoms with van der Waals surface area (Å²) in [7, 11) is 0. The molecule has 0 amide bonds. The molecule has 1 aliphatic heterocycles. The molecule has 5 nitrogen and oxygen atoms in total. The molecule has 0 spiro atoms. The number of carbonyl (C=O) groups is 1. The second-order valence-electron chi connectivity index (χ2n) is 5.76. The molecule has 0 saturated carbocycles. The molecule has 1 fully saturated rings. The van der Waals surface area contributed by atoms with Crippen LogP contribution in [-0.4, -0.2) is 42.5 Å². The molecule has 0 unspecified atom stereocenters. The summed E-state index contributed by atoms with van der Waals surface area (Å²) in [5.41, 5.74) is 1.06. The van der Waals surface area contributed by atoms with Gasteiger partial charge in [0.05, 0.1) is 19.6 Å². The van der Waals surface area contributed by atoms with E-state index in [9.17, 15) is 9.90 Å². The second kappa shape index (κ2) is 5.71. The van der Waals surface area contributed by atoms with E-state index < -0.39 is 11.4 Å². The highest BCUT2D eigenvalue weighted by atomic mass is 16.5. The number of carboxylic acids is 1. The molecule has 1 aliphatic rings. The van der Waals surface area contributed by atoms with E-state index in [1.807, 2.05) is 26.0 Å². The number of phenolic OH excluding ortho intramolecular Hbond substituents is 1. The van der Waals surface area contributed by atoms with Crippen molar-refractivity contribution < 1.29 is 19.7 Å². The Morgan fingerprint density at radius 3 is 2.60 bits per heavy atom. The topological polar surface area (TPSA) is 70.0 Å². The summed E-state index contributed by atoms with van der Waals surface area (Å²) in [6, 6.07) is 5.40. The number of nitrogens with zero attached hydrogens (tertiary/aromatic N) is 1. The first kappa shape index (κ1) is 14.7. The second-order valence-corrected chi connectivity index (χ2v) is 5.76. The van der Waals surface area contributed by atoms with Crippen LogP contribution in [0.15, 0.2) is 18.2 Å². The Bertz CT molecular complexity index is 493. The minimum absolute atomic E-state index is 0.0207. The lowest BCUT2D eigenvalue weighted by atomic mass is 9.80. The third-order valence-electron chi connectivity index (χ3n) is 3.68. The van der Waals surface area contributed by atoms with Crippen molar-refractivity contribution in [3.8, 4) is 5.75 Å². The van der Waals surface area contributed by atoms with Crippen molar-refractivity contribution in [1.82, 2.24) is 0 Å². The first-order valence-electron chi connectivity index (χ1n) is 6.78. The molecular formula is C15H21NO4. The van der Waals surface area contributed by atoms with Gasteiger partial charge in [-0.05, 0) is 18.2 Å². The van der Waals surface area contributed by atoms with Crippen LogP contribution in [0.4, 0.5) is 5.69 Å². The third kappa shape index (κ3) is 3.22. The molecule has 5 heteroatoms. The fourth-order valence-corrected chi connectivity index (χ4v) is 2.56. The summed E-state index contributed by atoms with van der Waals surface area (Å²) in [6.07, 6.45) is -0.0207. The van der Waals surface area contributed by atoms with Crippen molar-refractivity contribution in [1.29, 1.82) is 0 Å². The van der Waals surface area contributed by atoms with Crippen LogP contribution < -0.4 is 4.90 Å². The van der Waals surface area contributed by atoms with Crippen molar-refractivity contribution in [3.05, 3.63) is 23.8 Å². The van der Waals surface area contributed by atoms with Gasteiger partial charge in [0.2, 0.25) is 0 Å². The number of hydrogen-bond acceptors (Lipinski definition) is 4. The first-order chi connectivity index (χ1) is 9.40. The molecule has 0 bridgehead atoms. The zero-order valence-electron chi connectivity index (χ0n) is 11.9. The molecule has 1 heterocycles. The van der Waals surface area contributed by atoms with E-state index in [-0.39, 0.29) is 12.2 Å². The van der Waals surface area contributed by atoms with E-state index in [4.69, 9.17) is 9.84 Å². The number of phenols is 1. The monoisotopic (exact) mass is 279 g/mol. The molecule has 0 aromatic heterocycles. The van der Waals surface area contributed by atoms with Gasteiger partial charge < -0.3 is 19.8 Å². The van der Waals surface area contributed by atoms with Crippen LogP contribution >= 0.6 is 0 Å². The van der Waals surface area contributed by atoms with Gasteiger partial charge in [-0.15, -0.1) is 0 Å². The van der Waals surface area contributed by atoms with Gasteiger partial charge in [0.15, 0.2) is 0 Å². The molecule has 0 radical (unpaired) electrons. The summed E-state index contributed by atoms with van der Waals surface area (Å²) in [5.74, 6) is -0.723. The van der Waals surface area contributed by atoms with Crippen molar-refractivity contribution >= 4 is 11.7 Å². The number of aliphatic carboxylic acids is 1. The minimum atomic E-state index is -0.869. The standard InChI is InChI=1S/C15H21NO4/c1-15(2,10-14(18)19)12-9-11(3-4-13(12)17)16-5-7-20-8-6-16/h3-4,9,17H,5-8,10H2,1-2H3,(H,18,19). The Balaban J connectivity index is 2.30. The lowest BCUT2D eigenvalue weighted by Crippen LogP contribution is -2.36. The van der Waals surface area contributed by atoms with Gasteiger partial charge in [0.25, 0.3) is 0 Å². The molecule has 1 aromatic carbocycles. The van der Waals surface area contributed by atoms with E-state index in [0.29, 0.717) is 18.8 Å². The predicted molar refractivity (Wildman–Crippen MR) is 76.4 cm³/mol. The van der Waals surface area contributed by atoms with Crippen LogP contribution in [0.3, 0.4) is 0 Å². The number of morpholine rings is 1. The smallest absolute Gasteiger partial charge is 0.304 e. The maximum absolute atomic E-state index is 11.0. The van der Waals surface area contributed by atoms with Gasteiger partial charge in [-0.2, -0.15) is 0 Å². The number of carboxylic acid groups (broad SMARTS) is 1. The molecule has 0 aliphatic carbocycles. The predicted octanol–water partition coefficient (Wildman–Crippen LogP) is 1.98. The van der Waals surface area contributed by atoms with Crippen LogP contribution in [-0.2, 0) is 14.9 Å². The average Bonchev–Trinajstić information content (AvgIpc) is 2.38. The molecule has 20 heavy (non-hydrogen) atoms. The maximum Gasteiger partial charge on any atom is 0.304 e. The zero-order chi connectivity index (χ0) is 14.8. The lowest BCUT2D eigenvalue weighted by Gasteiger charge is -2.31. The van der Waals surface area contributed by atoms with Crippen LogP contribution in [0.5, 0.6) is 5.75 Å². The van der Waals surface area contributed by atoms with Crippen LogP contribution in [0, 0.1) is 0 Å². The number of benzene rings is 1.